The van der Waals surface area contributed by atoms with E-state index in [4.69, 9.17) is 24.4 Å². The minimum atomic E-state index is -1.53. The monoisotopic (exact) mass is 619 g/mol. The second kappa shape index (κ2) is 14.0. The van der Waals surface area contributed by atoms with Crippen molar-refractivity contribution < 1.29 is 53.6 Å². The highest BCUT2D eigenvalue weighted by atomic mass is 32.2. The number of carboxylic acid groups (broad SMARTS) is 2. The topological polar surface area (TPSA) is 243 Å². The summed E-state index contributed by atoms with van der Waals surface area (Å²) in [6, 6.07) is 6.03. The molecule has 1 aliphatic heterocycles. The number of benzene rings is 1. The number of nitro benzene ring substituents is 1. The number of nitro groups is 1. The molecule has 4 rings (SSSR count). The first kappa shape index (κ1) is 31.3. The largest absolute Gasteiger partial charge is 0.481 e. The van der Waals surface area contributed by atoms with Crippen molar-refractivity contribution in [2.75, 3.05) is 6.61 Å². The zero-order valence-corrected chi connectivity index (χ0v) is 23.0. The molecule has 0 saturated carbocycles. The number of non-ortho nitro benzene ring substituents is 1. The lowest BCUT2D eigenvalue weighted by Gasteiger charge is -2.20. The number of imidazole rings is 1. The third kappa shape index (κ3) is 7.99. The van der Waals surface area contributed by atoms with Crippen molar-refractivity contribution in [1.82, 2.24) is 19.5 Å². The van der Waals surface area contributed by atoms with Crippen LogP contribution in [0.1, 0.15) is 37.5 Å². The molecule has 228 valence electrons. The number of carboxylic acids is 2. The maximum absolute atomic E-state index is 12.3. The number of fused-ring (bicyclic) bond motifs is 1. The number of rotatable bonds is 14. The van der Waals surface area contributed by atoms with Crippen molar-refractivity contribution in [2.24, 2.45) is 0 Å². The highest BCUT2D eigenvalue weighted by Gasteiger charge is 2.48. The predicted molar refractivity (Wildman–Crippen MR) is 142 cm³/mol. The molecular formula is C25H25N5O12S. The second-order valence-corrected chi connectivity index (χ2v) is 10.2. The van der Waals surface area contributed by atoms with Crippen molar-refractivity contribution in [3.63, 3.8) is 0 Å². The van der Waals surface area contributed by atoms with E-state index in [0.717, 1.165) is 5.56 Å². The van der Waals surface area contributed by atoms with E-state index in [9.17, 15) is 34.4 Å². The Morgan fingerprint density at radius 1 is 1.00 bits per heavy atom. The first-order valence-electron chi connectivity index (χ1n) is 12.7. The second-order valence-electron chi connectivity index (χ2n) is 9.20. The number of aliphatic hydroxyl groups excluding tert-OH is 1. The Labute approximate surface area is 245 Å². The van der Waals surface area contributed by atoms with E-state index >= 15 is 0 Å². The Balaban J connectivity index is 1.51. The molecule has 1 aliphatic rings. The van der Waals surface area contributed by atoms with Gasteiger partial charge < -0.3 is 29.5 Å². The van der Waals surface area contributed by atoms with Gasteiger partial charge in [0.1, 0.15) is 35.7 Å². The number of aliphatic hydroxyl groups is 1. The molecule has 1 saturated heterocycles. The van der Waals surface area contributed by atoms with Crippen LogP contribution in [0.3, 0.4) is 0 Å². The molecule has 0 aliphatic carbocycles. The number of ether oxygens (including phenoxy) is 3. The number of carbonyl (C=O) groups excluding carboxylic acids is 2. The number of aromatic nitrogens is 4. The fraction of sp³-hybridized carbons (Fsp3) is 0.400. The van der Waals surface area contributed by atoms with E-state index in [1.54, 1.807) is 12.1 Å². The predicted octanol–water partition coefficient (Wildman–Crippen LogP) is 1.47. The number of carbonyl (C=O) groups is 4. The molecule has 1 fully saturated rings. The third-order valence-corrected chi connectivity index (χ3v) is 7.24. The van der Waals surface area contributed by atoms with Crippen LogP contribution in [0, 0.1) is 10.1 Å². The van der Waals surface area contributed by atoms with Crippen molar-refractivity contribution in [1.29, 1.82) is 0 Å². The van der Waals surface area contributed by atoms with Gasteiger partial charge in [0, 0.05) is 17.9 Å². The fourth-order valence-electron chi connectivity index (χ4n) is 4.09. The van der Waals surface area contributed by atoms with Gasteiger partial charge in [-0.1, -0.05) is 23.9 Å². The molecule has 0 unspecified atom stereocenters. The summed E-state index contributed by atoms with van der Waals surface area (Å²) in [5.74, 6) is -3.80. The highest BCUT2D eigenvalue weighted by molar-refractivity contribution is 7.98. The normalized spacial score (nSPS) is 19.7. The summed E-state index contributed by atoms with van der Waals surface area (Å²) in [7, 11) is 0. The maximum Gasteiger partial charge on any atom is 0.306 e. The third-order valence-electron chi connectivity index (χ3n) is 6.19. The summed E-state index contributed by atoms with van der Waals surface area (Å²) in [5, 5.41) is 40.1. The summed E-state index contributed by atoms with van der Waals surface area (Å²) in [6.45, 7) is -0.499. The van der Waals surface area contributed by atoms with Crippen molar-refractivity contribution in [3.8, 4) is 0 Å². The Hall–Kier alpha value is -4.68. The summed E-state index contributed by atoms with van der Waals surface area (Å²) in [4.78, 5) is 69.1. The summed E-state index contributed by atoms with van der Waals surface area (Å²) >= 11 is 1.29. The standard InChI is InChI=1S/C25H25N5O12S/c31-16(32)5-7-18(35)40-9-15-22(42-19(36)8-6-17(33)34)21(37)25(41-15)29-12-28-20-23(29)26-11-27-24(20)43-10-13-1-3-14(4-2-13)30(38)39/h1-4,11-12,15,21-22,25,37H,5-10H2,(H,31,32)(H,33,34)/t15-,21-,22-,25-/m1/s1. The molecular weight excluding hydrogens is 594 g/mol. The quantitative estimate of drug-likeness (QED) is 0.0760. The number of thioether (sulfide) groups is 1. The minimum Gasteiger partial charge on any atom is -0.481 e. The smallest absolute Gasteiger partial charge is 0.306 e. The maximum atomic E-state index is 12.3. The lowest BCUT2D eigenvalue weighted by atomic mass is 10.1. The summed E-state index contributed by atoms with van der Waals surface area (Å²) in [6.07, 6.45) is -4.61. The molecule has 3 aromatic rings. The van der Waals surface area contributed by atoms with Crippen LogP contribution in [-0.4, -0.2) is 88.6 Å². The summed E-state index contributed by atoms with van der Waals surface area (Å²) in [5.41, 5.74) is 1.36. The molecule has 17 nitrogen and oxygen atoms in total. The number of esters is 2. The first-order valence-corrected chi connectivity index (χ1v) is 13.7. The highest BCUT2D eigenvalue weighted by Crippen LogP contribution is 2.35. The van der Waals surface area contributed by atoms with Gasteiger partial charge >= 0.3 is 23.9 Å². The van der Waals surface area contributed by atoms with E-state index < -0.39 is 85.6 Å². The van der Waals surface area contributed by atoms with E-state index in [-0.39, 0.29) is 11.3 Å². The SMILES string of the molecule is O=C(O)CCC(=O)OC[C@H]1O[C@@H](n2cnc3c(SCc4ccc([N+](=O)[O-])cc4)ncnc32)[C@H](O)[C@@H]1OC(=O)CCC(=O)O. The number of hydrogen-bond acceptors (Lipinski definition) is 14. The Morgan fingerprint density at radius 3 is 2.33 bits per heavy atom. The van der Waals surface area contributed by atoms with Crippen molar-refractivity contribution >= 4 is 52.5 Å². The molecule has 0 bridgehead atoms. The van der Waals surface area contributed by atoms with E-state index in [1.807, 2.05) is 0 Å². The number of nitrogens with zero attached hydrogens (tertiary/aromatic N) is 5. The molecule has 2 aromatic heterocycles. The van der Waals surface area contributed by atoms with Crippen LogP contribution in [0.4, 0.5) is 5.69 Å². The van der Waals surface area contributed by atoms with Gasteiger partial charge in [-0.2, -0.15) is 0 Å². The van der Waals surface area contributed by atoms with Gasteiger partial charge in [-0.15, -0.1) is 0 Å². The van der Waals surface area contributed by atoms with Gasteiger partial charge in [-0.3, -0.25) is 33.9 Å². The lowest BCUT2D eigenvalue weighted by molar-refractivity contribution is -0.384. The average molecular weight is 620 g/mol. The van der Waals surface area contributed by atoms with Crippen LogP contribution in [0.15, 0.2) is 41.9 Å². The lowest BCUT2D eigenvalue weighted by Crippen LogP contribution is -2.38. The number of aliphatic carboxylic acids is 2. The van der Waals surface area contributed by atoms with Gasteiger partial charge in [0.2, 0.25) is 0 Å². The molecule has 1 aromatic carbocycles. The Morgan fingerprint density at radius 2 is 1.67 bits per heavy atom. The molecule has 3 N–H and O–H groups in total. The molecule has 43 heavy (non-hydrogen) atoms. The molecule has 18 heteroatoms. The fourth-order valence-corrected chi connectivity index (χ4v) is 4.99. The zero-order chi connectivity index (χ0) is 31.1. The van der Waals surface area contributed by atoms with Gasteiger partial charge in [0.05, 0.1) is 36.9 Å². The van der Waals surface area contributed by atoms with Gasteiger partial charge in [0.25, 0.3) is 5.69 Å². The molecule has 0 spiro atoms. The van der Waals surface area contributed by atoms with Crippen LogP contribution in [0.25, 0.3) is 11.2 Å². The van der Waals surface area contributed by atoms with Crippen LogP contribution in [-0.2, 0) is 39.1 Å². The van der Waals surface area contributed by atoms with E-state index in [0.29, 0.717) is 16.3 Å². The Bertz CT molecular complexity index is 1510. The molecule has 0 radical (unpaired) electrons. The van der Waals surface area contributed by atoms with Crippen molar-refractivity contribution in [3.05, 3.63) is 52.6 Å². The van der Waals surface area contributed by atoms with Crippen LogP contribution in [0.5, 0.6) is 0 Å². The molecule has 4 atom stereocenters. The van der Waals surface area contributed by atoms with Crippen LogP contribution in [0.2, 0.25) is 0 Å². The molecule has 0 amide bonds. The first-order chi connectivity index (χ1) is 20.5. The van der Waals surface area contributed by atoms with Crippen molar-refractivity contribution in [2.45, 2.75) is 61.0 Å². The minimum absolute atomic E-state index is 0.0359. The van der Waals surface area contributed by atoms with Crippen LogP contribution >= 0.6 is 11.8 Å². The van der Waals surface area contributed by atoms with Gasteiger partial charge in [-0.25, -0.2) is 15.0 Å². The van der Waals surface area contributed by atoms with Gasteiger partial charge in [0.15, 0.2) is 18.0 Å². The van der Waals surface area contributed by atoms with E-state index in [1.165, 1.54) is 41.1 Å². The number of hydrogen-bond donors (Lipinski definition) is 3. The molecule has 3 heterocycles. The average Bonchev–Trinajstić information content (AvgIpc) is 3.54. The summed E-state index contributed by atoms with van der Waals surface area (Å²) < 4.78 is 17.7. The van der Waals surface area contributed by atoms with Crippen LogP contribution < -0.4 is 0 Å². The van der Waals surface area contributed by atoms with E-state index in [2.05, 4.69) is 15.0 Å². The zero-order valence-electron chi connectivity index (χ0n) is 22.2. The Kier molecular flexibility index (Phi) is 10.2. The van der Waals surface area contributed by atoms with Gasteiger partial charge in [-0.05, 0) is 5.56 Å².